The monoisotopic (exact) mass is 241 g/mol. The predicted octanol–water partition coefficient (Wildman–Crippen LogP) is 1.28. The number of sulfonamides is 1. The maximum atomic E-state index is 11.6. The third-order valence-corrected chi connectivity index (χ3v) is 4.50. The highest BCUT2D eigenvalue weighted by molar-refractivity contribution is 7.90. The largest absolute Gasteiger partial charge is 0.497 e. The first kappa shape index (κ1) is 11.4. The summed E-state index contributed by atoms with van der Waals surface area (Å²) in [4.78, 5) is 0. The third kappa shape index (κ3) is 2.74. The molecule has 1 aliphatic rings. The molecule has 1 N–H and O–H groups in total. The molecule has 0 unspecified atom stereocenters. The zero-order valence-electron chi connectivity index (χ0n) is 9.14. The van der Waals surface area contributed by atoms with Crippen LogP contribution in [0.25, 0.3) is 0 Å². The highest BCUT2D eigenvalue weighted by Crippen LogP contribution is 2.27. The lowest BCUT2D eigenvalue weighted by Gasteiger charge is -2.06. The first-order valence-electron chi connectivity index (χ1n) is 5.23. The Morgan fingerprint density at radius 3 is 2.44 bits per heavy atom. The summed E-state index contributed by atoms with van der Waals surface area (Å²) in [7, 11) is -1.48. The van der Waals surface area contributed by atoms with Gasteiger partial charge in [0.1, 0.15) is 5.75 Å². The van der Waals surface area contributed by atoms with Crippen molar-refractivity contribution >= 4 is 10.0 Å². The standard InChI is InChI=1S/C11H15NO3S/c1-15-10-4-2-9(3-5-10)8-12-16(13,14)11-6-7-11/h2-5,11-12H,6-8H2,1H3. The maximum absolute atomic E-state index is 11.6. The molecular formula is C11H15NO3S. The second kappa shape index (κ2) is 4.43. The Balaban J connectivity index is 1.94. The number of ether oxygens (including phenoxy) is 1. The minimum Gasteiger partial charge on any atom is -0.497 e. The Labute approximate surface area is 95.7 Å². The summed E-state index contributed by atoms with van der Waals surface area (Å²) in [5, 5.41) is -0.161. The molecule has 88 valence electrons. The van der Waals surface area contributed by atoms with Gasteiger partial charge in [0.25, 0.3) is 0 Å². The van der Waals surface area contributed by atoms with Gasteiger partial charge >= 0.3 is 0 Å². The number of methoxy groups -OCH3 is 1. The van der Waals surface area contributed by atoms with Crippen molar-refractivity contribution < 1.29 is 13.2 Å². The van der Waals surface area contributed by atoms with Gasteiger partial charge in [-0.05, 0) is 30.5 Å². The Morgan fingerprint density at radius 1 is 1.31 bits per heavy atom. The first-order valence-corrected chi connectivity index (χ1v) is 6.78. The van der Waals surface area contributed by atoms with Crippen molar-refractivity contribution in [2.75, 3.05) is 7.11 Å². The van der Waals surface area contributed by atoms with Crippen molar-refractivity contribution in [3.63, 3.8) is 0 Å². The minimum atomic E-state index is -3.08. The van der Waals surface area contributed by atoms with Gasteiger partial charge < -0.3 is 4.74 Å². The molecule has 4 nitrogen and oxygen atoms in total. The Bertz CT molecular complexity index is 449. The van der Waals surface area contributed by atoms with Crippen LogP contribution < -0.4 is 9.46 Å². The summed E-state index contributed by atoms with van der Waals surface area (Å²) < 4.78 is 30.7. The summed E-state index contributed by atoms with van der Waals surface area (Å²) in [5.74, 6) is 0.772. The molecule has 0 aromatic heterocycles. The summed E-state index contributed by atoms with van der Waals surface area (Å²) in [6, 6.07) is 7.35. The van der Waals surface area contributed by atoms with Crippen LogP contribution in [0.15, 0.2) is 24.3 Å². The third-order valence-electron chi connectivity index (χ3n) is 2.60. The van der Waals surface area contributed by atoms with Gasteiger partial charge in [-0.3, -0.25) is 0 Å². The van der Waals surface area contributed by atoms with Crippen LogP contribution in [0.2, 0.25) is 0 Å². The molecule has 0 spiro atoms. The van der Waals surface area contributed by atoms with Gasteiger partial charge in [-0.25, -0.2) is 13.1 Å². The summed E-state index contributed by atoms with van der Waals surface area (Å²) in [6.45, 7) is 0.350. The second-order valence-electron chi connectivity index (χ2n) is 3.91. The number of benzene rings is 1. The van der Waals surface area contributed by atoms with Crippen molar-refractivity contribution in [1.82, 2.24) is 4.72 Å². The van der Waals surface area contributed by atoms with Gasteiger partial charge in [0, 0.05) is 6.54 Å². The van der Waals surface area contributed by atoms with E-state index >= 15 is 0 Å². The van der Waals surface area contributed by atoms with E-state index in [-0.39, 0.29) is 5.25 Å². The normalized spacial score (nSPS) is 16.1. The second-order valence-corrected chi connectivity index (χ2v) is 5.96. The van der Waals surface area contributed by atoms with E-state index in [1.165, 1.54) is 0 Å². The fourth-order valence-electron chi connectivity index (χ4n) is 1.42. The van der Waals surface area contributed by atoms with Crippen LogP contribution >= 0.6 is 0 Å². The predicted molar refractivity (Wildman–Crippen MR) is 61.8 cm³/mol. The van der Waals surface area contributed by atoms with E-state index in [0.717, 1.165) is 24.2 Å². The van der Waals surface area contributed by atoms with Crippen LogP contribution in [0.5, 0.6) is 5.75 Å². The van der Waals surface area contributed by atoms with Crippen molar-refractivity contribution in [1.29, 1.82) is 0 Å². The van der Waals surface area contributed by atoms with Gasteiger partial charge in [0.15, 0.2) is 0 Å². The van der Waals surface area contributed by atoms with Crippen molar-refractivity contribution in [3.05, 3.63) is 29.8 Å². The quantitative estimate of drug-likeness (QED) is 0.844. The summed E-state index contributed by atoms with van der Waals surface area (Å²) in [5.41, 5.74) is 0.935. The van der Waals surface area contributed by atoms with Gasteiger partial charge in [-0.1, -0.05) is 12.1 Å². The highest BCUT2D eigenvalue weighted by atomic mass is 32.2. The molecule has 2 rings (SSSR count). The van der Waals surface area contributed by atoms with Crippen molar-refractivity contribution in [2.24, 2.45) is 0 Å². The van der Waals surface area contributed by atoms with E-state index in [4.69, 9.17) is 4.74 Å². The molecule has 0 saturated heterocycles. The molecule has 0 atom stereocenters. The van der Waals surface area contributed by atoms with E-state index in [9.17, 15) is 8.42 Å². The van der Waals surface area contributed by atoms with E-state index < -0.39 is 10.0 Å². The zero-order chi connectivity index (χ0) is 11.6. The average molecular weight is 241 g/mol. The summed E-state index contributed by atoms with van der Waals surface area (Å²) in [6.07, 6.45) is 1.58. The van der Waals surface area contributed by atoms with Gasteiger partial charge in [0.2, 0.25) is 10.0 Å². The Morgan fingerprint density at radius 2 is 1.94 bits per heavy atom. The topological polar surface area (TPSA) is 55.4 Å². The minimum absolute atomic E-state index is 0.161. The molecule has 1 saturated carbocycles. The zero-order valence-corrected chi connectivity index (χ0v) is 9.96. The Kier molecular flexibility index (Phi) is 3.16. The number of hydrogen-bond donors (Lipinski definition) is 1. The molecule has 0 radical (unpaired) electrons. The molecule has 5 heteroatoms. The number of rotatable bonds is 5. The van der Waals surface area contributed by atoms with Crippen LogP contribution in [0.3, 0.4) is 0 Å². The molecule has 1 aromatic rings. The van der Waals surface area contributed by atoms with Crippen molar-refractivity contribution in [2.45, 2.75) is 24.6 Å². The lowest BCUT2D eigenvalue weighted by atomic mass is 10.2. The molecule has 0 heterocycles. The van der Waals surface area contributed by atoms with Gasteiger partial charge in [0.05, 0.1) is 12.4 Å². The van der Waals surface area contributed by atoms with Crippen LogP contribution in [0.4, 0.5) is 0 Å². The fraction of sp³-hybridized carbons (Fsp3) is 0.455. The molecular weight excluding hydrogens is 226 g/mol. The van der Waals surface area contributed by atoms with E-state index in [1.807, 2.05) is 24.3 Å². The molecule has 0 amide bonds. The number of hydrogen-bond acceptors (Lipinski definition) is 3. The van der Waals surface area contributed by atoms with Crippen LogP contribution in [-0.2, 0) is 16.6 Å². The molecule has 1 aliphatic carbocycles. The first-order chi connectivity index (χ1) is 7.62. The summed E-state index contributed by atoms with van der Waals surface area (Å²) >= 11 is 0. The molecule has 1 fully saturated rings. The van der Waals surface area contributed by atoms with Crippen molar-refractivity contribution in [3.8, 4) is 5.75 Å². The fourth-order valence-corrected chi connectivity index (χ4v) is 2.78. The molecule has 1 aromatic carbocycles. The van der Waals surface area contributed by atoms with Crippen LogP contribution in [-0.4, -0.2) is 20.8 Å². The average Bonchev–Trinajstić information content (AvgIpc) is 3.11. The van der Waals surface area contributed by atoms with E-state index in [0.29, 0.717) is 6.54 Å². The van der Waals surface area contributed by atoms with Gasteiger partial charge in [-0.2, -0.15) is 0 Å². The lowest BCUT2D eigenvalue weighted by Crippen LogP contribution is -2.26. The molecule has 16 heavy (non-hydrogen) atoms. The van der Waals surface area contributed by atoms with E-state index in [1.54, 1.807) is 7.11 Å². The van der Waals surface area contributed by atoms with Gasteiger partial charge in [-0.15, -0.1) is 0 Å². The van der Waals surface area contributed by atoms with Crippen LogP contribution in [0, 0.1) is 0 Å². The lowest BCUT2D eigenvalue weighted by molar-refractivity contribution is 0.414. The smallest absolute Gasteiger partial charge is 0.214 e. The highest BCUT2D eigenvalue weighted by Gasteiger charge is 2.35. The number of nitrogens with one attached hydrogen (secondary N) is 1. The SMILES string of the molecule is COc1ccc(CNS(=O)(=O)C2CC2)cc1. The molecule has 0 aliphatic heterocycles. The maximum Gasteiger partial charge on any atom is 0.214 e. The Hall–Kier alpha value is -1.07. The van der Waals surface area contributed by atoms with E-state index in [2.05, 4.69) is 4.72 Å². The molecule has 0 bridgehead atoms. The van der Waals surface area contributed by atoms with Crippen LogP contribution in [0.1, 0.15) is 18.4 Å².